The van der Waals surface area contributed by atoms with Gasteiger partial charge in [0, 0.05) is 24.2 Å². The van der Waals surface area contributed by atoms with Crippen molar-refractivity contribution in [2.24, 2.45) is 0 Å². The first kappa shape index (κ1) is 13.8. The van der Waals surface area contributed by atoms with Gasteiger partial charge in [0.2, 0.25) is 0 Å². The molecular formula is C13H8Cl2N4O2. The molecule has 3 aromatic heterocycles. The predicted octanol–water partition coefficient (Wildman–Crippen LogP) is 2.88. The molecule has 21 heavy (non-hydrogen) atoms. The molecule has 0 aliphatic rings. The van der Waals surface area contributed by atoms with Crippen LogP contribution in [0.3, 0.4) is 0 Å². The molecule has 0 radical (unpaired) electrons. The first-order chi connectivity index (χ1) is 10.1. The molecule has 0 spiro atoms. The van der Waals surface area contributed by atoms with E-state index in [2.05, 4.69) is 15.2 Å². The number of fused-ring (bicyclic) bond motifs is 1. The minimum absolute atomic E-state index is 0.293. The lowest BCUT2D eigenvalue weighted by Crippen LogP contribution is -2.04. The van der Waals surface area contributed by atoms with Crippen molar-refractivity contribution in [2.45, 2.75) is 0 Å². The number of nitrogens with zero attached hydrogens (tertiary/aromatic N) is 4. The Hall–Kier alpha value is -2.18. The molecule has 0 aromatic carbocycles. The van der Waals surface area contributed by atoms with Crippen molar-refractivity contribution < 1.29 is 9.53 Å². The zero-order valence-electron chi connectivity index (χ0n) is 10.7. The molecule has 0 saturated carbocycles. The SMILES string of the molecule is COC(=O)c1cc(Cl)c2nnc(-c3ccncc3Cl)n2c1. The van der Waals surface area contributed by atoms with E-state index in [4.69, 9.17) is 27.9 Å². The summed E-state index contributed by atoms with van der Waals surface area (Å²) in [7, 11) is 1.30. The van der Waals surface area contributed by atoms with Crippen LogP contribution in [0.15, 0.2) is 30.7 Å². The van der Waals surface area contributed by atoms with E-state index in [1.165, 1.54) is 19.4 Å². The van der Waals surface area contributed by atoms with Gasteiger partial charge in [-0.15, -0.1) is 10.2 Å². The highest BCUT2D eigenvalue weighted by molar-refractivity contribution is 6.34. The number of hydrogen-bond acceptors (Lipinski definition) is 5. The summed E-state index contributed by atoms with van der Waals surface area (Å²) in [6, 6.07) is 3.19. The minimum atomic E-state index is -0.501. The Balaban J connectivity index is 2.28. The van der Waals surface area contributed by atoms with Crippen molar-refractivity contribution >= 4 is 34.8 Å². The average Bonchev–Trinajstić information content (AvgIpc) is 2.91. The van der Waals surface area contributed by atoms with E-state index in [9.17, 15) is 4.79 Å². The second-order valence-corrected chi connectivity index (χ2v) is 4.96. The Labute approximate surface area is 129 Å². The topological polar surface area (TPSA) is 69.4 Å². The quantitative estimate of drug-likeness (QED) is 0.678. The third-order valence-electron chi connectivity index (χ3n) is 2.89. The van der Waals surface area contributed by atoms with Gasteiger partial charge in [0.25, 0.3) is 0 Å². The maximum Gasteiger partial charge on any atom is 0.339 e. The Morgan fingerprint density at radius 3 is 2.81 bits per heavy atom. The molecule has 6 nitrogen and oxygen atoms in total. The van der Waals surface area contributed by atoms with Gasteiger partial charge in [-0.2, -0.15) is 0 Å². The second-order valence-electron chi connectivity index (χ2n) is 4.14. The van der Waals surface area contributed by atoms with Crippen molar-refractivity contribution in [1.29, 1.82) is 0 Å². The maximum absolute atomic E-state index is 11.7. The van der Waals surface area contributed by atoms with E-state index in [0.717, 1.165) is 0 Å². The molecule has 0 aliphatic heterocycles. The van der Waals surface area contributed by atoms with Crippen LogP contribution in [0.1, 0.15) is 10.4 Å². The van der Waals surface area contributed by atoms with Crippen LogP contribution < -0.4 is 0 Å². The lowest BCUT2D eigenvalue weighted by molar-refractivity contribution is 0.0600. The summed E-state index contributed by atoms with van der Waals surface area (Å²) >= 11 is 12.2. The summed E-state index contributed by atoms with van der Waals surface area (Å²) in [5.74, 6) is -0.0377. The lowest BCUT2D eigenvalue weighted by atomic mass is 10.2. The first-order valence-electron chi connectivity index (χ1n) is 5.84. The van der Waals surface area contributed by atoms with Gasteiger partial charge in [-0.1, -0.05) is 23.2 Å². The summed E-state index contributed by atoms with van der Waals surface area (Å²) in [6.45, 7) is 0. The van der Waals surface area contributed by atoms with E-state index in [1.807, 2.05) is 0 Å². The van der Waals surface area contributed by atoms with Gasteiger partial charge >= 0.3 is 5.97 Å². The molecule has 0 amide bonds. The van der Waals surface area contributed by atoms with Gasteiger partial charge in [0.05, 0.1) is 22.7 Å². The Morgan fingerprint density at radius 1 is 1.29 bits per heavy atom. The molecule has 0 saturated heterocycles. The number of methoxy groups -OCH3 is 1. The van der Waals surface area contributed by atoms with Crippen LogP contribution in [0.4, 0.5) is 0 Å². The predicted molar refractivity (Wildman–Crippen MR) is 77.6 cm³/mol. The molecule has 3 rings (SSSR count). The third-order valence-corrected chi connectivity index (χ3v) is 3.47. The smallest absolute Gasteiger partial charge is 0.339 e. The first-order valence-corrected chi connectivity index (χ1v) is 6.60. The number of halogens is 2. The van der Waals surface area contributed by atoms with E-state index in [-0.39, 0.29) is 0 Å². The van der Waals surface area contributed by atoms with Gasteiger partial charge in [-0.3, -0.25) is 9.38 Å². The van der Waals surface area contributed by atoms with Gasteiger partial charge in [0.1, 0.15) is 0 Å². The van der Waals surface area contributed by atoms with Crippen molar-refractivity contribution in [2.75, 3.05) is 7.11 Å². The highest BCUT2D eigenvalue weighted by Gasteiger charge is 2.16. The summed E-state index contributed by atoms with van der Waals surface area (Å²) in [5, 5.41) is 8.81. The molecule has 0 bridgehead atoms. The molecule has 106 valence electrons. The maximum atomic E-state index is 11.7. The molecule has 8 heteroatoms. The minimum Gasteiger partial charge on any atom is -0.465 e. The Bertz CT molecular complexity index is 847. The fourth-order valence-electron chi connectivity index (χ4n) is 1.92. The normalized spacial score (nSPS) is 10.8. The van der Waals surface area contributed by atoms with E-state index in [1.54, 1.807) is 22.9 Å². The molecule has 0 aliphatic carbocycles. The fraction of sp³-hybridized carbons (Fsp3) is 0.0769. The fourth-order valence-corrected chi connectivity index (χ4v) is 2.37. The van der Waals surface area contributed by atoms with Crippen LogP contribution in [-0.2, 0) is 4.74 Å². The molecule has 0 N–H and O–H groups in total. The van der Waals surface area contributed by atoms with Crippen LogP contribution >= 0.6 is 23.2 Å². The van der Waals surface area contributed by atoms with Crippen molar-refractivity contribution in [3.05, 3.63) is 46.3 Å². The van der Waals surface area contributed by atoms with Gasteiger partial charge in [0.15, 0.2) is 11.5 Å². The Morgan fingerprint density at radius 2 is 2.10 bits per heavy atom. The number of pyridine rings is 2. The van der Waals surface area contributed by atoms with Crippen molar-refractivity contribution in [3.63, 3.8) is 0 Å². The molecule has 0 atom stereocenters. The number of rotatable bonds is 2. The summed E-state index contributed by atoms with van der Waals surface area (Å²) in [5.41, 5.74) is 1.35. The van der Waals surface area contributed by atoms with Crippen LogP contribution in [0.5, 0.6) is 0 Å². The zero-order chi connectivity index (χ0) is 15.0. The number of carbonyl (C=O) groups is 1. The van der Waals surface area contributed by atoms with E-state index < -0.39 is 5.97 Å². The molecule has 0 unspecified atom stereocenters. The number of esters is 1. The van der Waals surface area contributed by atoms with Gasteiger partial charge in [-0.25, -0.2) is 4.79 Å². The van der Waals surface area contributed by atoms with Crippen LogP contribution in [0.25, 0.3) is 17.0 Å². The Kier molecular flexibility index (Phi) is 3.48. The largest absolute Gasteiger partial charge is 0.465 e. The van der Waals surface area contributed by atoms with E-state index in [0.29, 0.717) is 32.6 Å². The van der Waals surface area contributed by atoms with Crippen LogP contribution in [-0.4, -0.2) is 32.7 Å². The van der Waals surface area contributed by atoms with Gasteiger partial charge < -0.3 is 4.74 Å². The van der Waals surface area contributed by atoms with Gasteiger partial charge in [-0.05, 0) is 12.1 Å². The van der Waals surface area contributed by atoms with Crippen molar-refractivity contribution in [3.8, 4) is 11.4 Å². The van der Waals surface area contributed by atoms with Crippen molar-refractivity contribution in [1.82, 2.24) is 19.6 Å². The van der Waals surface area contributed by atoms with Crippen LogP contribution in [0, 0.1) is 0 Å². The molecule has 3 aromatic rings. The monoisotopic (exact) mass is 322 g/mol. The zero-order valence-corrected chi connectivity index (χ0v) is 12.3. The third kappa shape index (κ3) is 2.32. The molecule has 3 heterocycles. The highest BCUT2D eigenvalue weighted by atomic mass is 35.5. The number of carbonyl (C=O) groups excluding carboxylic acids is 1. The summed E-state index contributed by atoms with van der Waals surface area (Å²) in [4.78, 5) is 15.6. The highest BCUT2D eigenvalue weighted by Crippen LogP contribution is 2.28. The summed E-state index contributed by atoms with van der Waals surface area (Å²) in [6.07, 6.45) is 4.65. The van der Waals surface area contributed by atoms with E-state index >= 15 is 0 Å². The second kappa shape index (κ2) is 5.31. The number of ether oxygens (including phenoxy) is 1. The standard InChI is InChI=1S/C13H8Cl2N4O2/c1-21-13(20)7-4-9(14)12-18-17-11(19(12)6-7)8-2-3-16-5-10(8)15/h2-6H,1H3. The number of hydrogen-bond donors (Lipinski definition) is 0. The lowest BCUT2D eigenvalue weighted by Gasteiger charge is -2.05. The number of aromatic nitrogens is 4. The molecule has 0 fully saturated rings. The average molecular weight is 323 g/mol. The van der Waals surface area contributed by atoms with Crippen LogP contribution in [0.2, 0.25) is 10.0 Å². The molecular weight excluding hydrogens is 315 g/mol. The summed E-state index contributed by atoms with van der Waals surface area (Å²) < 4.78 is 6.29.